The molecule has 3 aromatic rings. The molecule has 0 spiro atoms. The van der Waals surface area contributed by atoms with E-state index < -0.39 is 0 Å². The van der Waals surface area contributed by atoms with Gasteiger partial charge in [-0.3, -0.25) is 4.68 Å². The zero-order chi connectivity index (χ0) is 20.6. The van der Waals surface area contributed by atoms with Crippen LogP contribution in [0.2, 0.25) is 0 Å². The first-order chi connectivity index (χ1) is 14.0. The summed E-state index contributed by atoms with van der Waals surface area (Å²) < 4.78 is 3.64. The van der Waals surface area contributed by atoms with Crippen molar-refractivity contribution in [2.24, 2.45) is 5.73 Å². The summed E-state index contributed by atoms with van der Waals surface area (Å²) in [7, 11) is 0. The lowest BCUT2D eigenvalue weighted by Gasteiger charge is -2.14. The molecule has 3 heterocycles. The fourth-order valence-corrected chi connectivity index (χ4v) is 3.93. The molecule has 0 aliphatic heterocycles. The van der Waals surface area contributed by atoms with E-state index in [2.05, 4.69) is 37.9 Å². The lowest BCUT2D eigenvalue weighted by Crippen LogP contribution is -2.22. The van der Waals surface area contributed by atoms with E-state index in [0.717, 1.165) is 49.1 Å². The molecule has 4 rings (SSSR count). The molecule has 5 N–H and O–H groups in total. The van der Waals surface area contributed by atoms with Crippen molar-refractivity contribution in [3.05, 3.63) is 40.6 Å². The second-order valence-electron chi connectivity index (χ2n) is 7.65. The highest BCUT2D eigenvalue weighted by atomic mass is 15.3. The van der Waals surface area contributed by atoms with Crippen LogP contribution in [-0.4, -0.2) is 37.5 Å². The summed E-state index contributed by atoms with van der Waals surface area (Å²) in [5, 5.41) is 12.5. The molecule has 0 saturated heterocycles. The van der Waals surface area contributed by atoms with Crippen LogP contribution in [0.25, 0.3) is 10.5 Å². The Labute approximate surface area is 169 Å². The van der Waals surface area contributed by atoms with Crippen LogP contribution in [0, 0.1) is 13.5 Å². The third-order valence-corrected chi connectivity index (χ3v) is 5.78. The van der Waals surface area contributed by atoms with Gasteiger partial charge in [-0.25, -0.2) is 14.3 Å². The molecular weight excluding hydrogens is 366 g/mol. The molecule has 9 heteroatoms. The monoisotopic (exact) mass is 393 g/mol. The third-order valence-electron chi connectivity index (χ3n) is 5.78. The van der Waals surface area contributed by atoms with Crippen LogP contribution < -0.4 is 16.8 Å². The van der Waals surface area contributed by atoms with Gasteiger partial charge in [0.05, 0.1) is 23.5 Å². The zero-order valence-electron chi connectivity index (χ0n) is 16.9. The molecule has 9 nitrogen and oxygen atoms in total. The average Bonchev–Trinajstić information content (AvgIpc) is 3.19. The first-order valence-electron chi connectivity index (χ1n) is 10.1. The molecule has 3 aromatic heterocycles. The van der Waals surface area contributed by atoms with E-state index in [0.29, 0.717) is 36.1 Å². The quantitative estimate of drug-likeness (QED) is 0.506. The third kappa shape index (κ3) is 3.29. The average molecular weight is 393 g/mol. The molecular formula is C20H27N9. The largest absolute Gasteiger partial charge is 0.392 e. The second kappa shape index (κ2) is 7.37. The lowest BCUT2D eigenvalue weighted by molar-refractivity contribution is 0.404. The zero-order valence-corrected chi connectivity index (χ0v) is 16.9. The summed E-state index contributed by atoms with van der Waals surface area (Å²) in [5.41, 5.74) is 16.0. The van der Waals surface area contributed by atoms with E-state index in [9.17, 15) is 0 Å². The molecule has 1 aliphatic carbocycles. The summed E-state index contributed by atoms with van der Waals surface area (Å²) >= 11 is 0. The van der Waals surface area contributed by atoms with Crippen LogP contribution in [0.4, 0.5) is 17.3 Å². The standard InChI is InChI=1S/C20H27N9/c1-4-15-13(2)26-29-17(22)16(23-3)18(25-19(15)29)24-11-5-14-6-12-28(27-14)20(7-8-20)9-10-21/h6,12H,4-5,7-11,21-22H2,1-2H3,(H,24,25). The Hall–Kier alpha value is -3.12. The Morgan fingerprint density at radius 2 is 2.14 bits per heavy atom. The number of fused-ring (bicyclic) bond motifs is 1. The first-order valence-corrected chi connectivity index (χ1v) is 10.1. The maximum Gasteiger partial charge on any atom is 0.268 e. The Kier molecular flexibility index (Phi) is 4.88. The van der Waals surface area contributed by atoms with Gasteiger partial charge in [-0.15, -0.1) is 0 Å². The topological polar surface area (TPSA) is 116 Å². The second-order valence-corrected chi connectivity index (χ2v) is 7.65. The SMILES string of the molecule is [C-]#[N+]c1c(NCCc2ccn(C3(CCN)CC3)n2)nc2c(CC)c(C)nn2c1N. The number of rotatable bonds is 8. The fourth-order valence-electron chi connectivity index (χ4n) is 3.93. The summed E-state index contributed by atoms with van der Waals surface area (Å²) in [6.07, 6.45) is 6.84. The van der Waals surface area contributed by atoms with Gasteiger partial charge in [0.1, 0.15) is 11.6 Å². The number of hydrogen-bond acceptors (Lipinski definition) is 6. The molecule has 1 saturated carbocycles. The molecule has 1 aliphatic rings. The van der Waals surface area contributed by atoms with Crippen molar-refractivity contribution in [1.29, 1.82) is 0 Å². The molecule has 152 valence electrons. The number of hydrogen-bond donors (Lipinski definition) is 3. The van der Waals surface area contributed by atoms with Crippen LogP contribution in [-0.2, 0) is 18.4 Å². The number of anilines is 2. The Morgan fingerprint density at radius 3 is 2.79 bits per heavy atom. The molecule has 0 bridgehead atoms. The van der Waals surface area contributed by atoms with E-state index >= 15 is 0 Å². The fraction of sp³-hybridized carbons (Fsp3) is 0.500. The van der Waals surface area contributed by atoms with Crippen LogP contribution in [0.3, 0.4) is 0 Å². The summed E-state index contributed by atoms with van der Waals surface area (Å²) in [6.45, 7) is 12.8. The first kappa shape index (κ1) is 19.2. The van der Waals surface area contributed by atoms with Crippen molar-refractivity contribution >= 4 is 23.0 Å². The van der Waals surface area contributed by atoms with Crippen LogP contribution >= 0.6 is 0 Å². The van der Waals surface area contributed by atoms with Crippen molar-refractivity contribution in [2.45, 2.75) is 51.5 Å². The smallest absolute Gasteiger partial charge is 0.268 e. The number of nitrogens with zero attached hydrogens (tertiary/aromatic N) is 6. The van der Waals surface area contributed by atoms with Crippen molar-refractivity contribution in [3.63, 3.8) is 0 Å². The Bertz CT molecular complexity index is 1080. The summed E-state index contributed by atoms with van der Waals surface area (Å²) in [6, 6.07) is 2.05. The number of nitrogens with two attached hydrogens (primary N) is 2. The van der Waals surface area contributed by atoms with E-state index in [1.54, 1.807) is 4.52 Å². The number of nitrogens with one attached hydrogen (secondary N) is 1. The highest BCUT2D eigenvalue weighted by molar-refractivity contribution is 5.80. The van der Waals surface area contributed by atoms with Gasteiger partial charge in [-0.05, 0) is 45.2 Å². The van der Waals surface area contributed by atoms with Gasteiger partial charge in [-0.1, -0.05) is 6.92 Å². The molecule has 0 atom stereocenters. The predicted octanol–water partition coefficient (Wildman–Crippen LogP) is 2.42. The number of aryl methyl sites for hydroxylation is 2. The summed E-state index contributed by atoms with van der Waals surface area (Å²) in [5.74, 6) is 0.817. The normalized spacial score (nSPS) is 14.8. The van der Waals surface area contributed by atoms with Gasteiger partial charge in [-0.2, -0.15) is 10.2 Å². The van der Waals surface area contributed by atoms with Crippen molar-refractivity contribution in [3.8, 4) is 0 Å². The van der Waals surface area contributed by atoms with Gasteiger partial charge >= 0.3 is 0 Å². The molecule has 0 aromatic carbocycles. The minimum Gasteiger partial charge on any atom is -0.392 e. The summed E-state index contributed by atoms with van der Waals surface area (Å²) in [4.78, 5) is 8.25. The highest BCUT2D eigenvalue weighted by Crippen LogP contribution is 2.45. The molecule has 29 heavy (non-hydrogen) atoms. The van der Waals surface area contributed by atoms with Crippen LogP contribution in [0.1, 0.15) is 43.1 Å². The molecule has 0 amide bonds. The molecule has 0 unspecified atom stereocenters. The van der Waals surface area contributed by atoms with E-state index in [1.165, 1.54) is 0 Å². The molecule has 1 fully saturated rings. The van der Waals surface area contributed by atoms with Crippen LogP contribution in [0.5, 0.6) is 0 Å². The van der Waals surface area contributed by atoms with E-state index in [4.69, 9.17) is 23.1 Å². The highest BCUT2D eigenvalue weighted by Gasteiger charge is 2.44. The lowest BCUT2D eigenvalue weighted by atomic mass is 10.2. The van der Waals surface area contributed by atoms with Gasteiger partial charge in [0.25, 0.3) is 5.69 Å². The van der Waals surface area contributed by atoms with Crippen molar-refractivity contribution < 1.29 is 0 Å². The maximum absolute atomic E-state index is 7.52. The van der Waals surface area contributed by atoms with E-state index in [1.807, 2.05) is 13.1 Å². The predicted molar refractivity (Wildman–Crippen MR) is 113 cm³/mol. The Morgan fingerprint density at radius 1 is 1.34 bits per heavy atom. The van der Waals surface area contributed by atoms with Gasteiger partial charge < -0.3 is 16.8 Å². The van der Waals surface area contributed by atoms with Gasteiger partial charge in [0, 0.05) is 24.7 Å². The maximum atomic E-state index is 7.52. The number of nitrogen functional groups attached to an aromatic ring is 1. The van der Waals surface area contributed by atoms with Crippen molar-refractivity contribution in [2.75, 3.05) is 24.1 Å². The van der Waals surface area contributed by atoms with Crippen LogP contribution in [0.15, 0.2) is 12.3 Å². The minimum absolute atomic E-state index is 0.134. The van der Waals surface area contributed by atoms with Gasteiger partial charge in [0.15, 0.2) is 5.65 Å². The Balaban J connectivity index is 1.51. The van der Waals surface area contributed by atoms with Gasteiger partial charge in [0.2, 0.25) is 0 Å². The minimum atomic E-state index is 0.134. The van der Waals surface area contributed by atoms with Crippen molar-refractivity contribution in [1.82, 2.24) is 24.4 Å². The molecule has 0 radical (unpaired) electrons. The number of aromatic nitrogens is 5. The van der Waals surface area contributed by atoms with E-state index in [-0.39, 0.29) is 5.54 Å².